The molecule has 0 N–H and O–H groups in total. The number of rotatable bonds is 5. The summed E-state index contributed by atoms with van der Waals surface area (Å²) in [6.45, 7) is 14.4. The van der Waals surface area contributed by atoms with E-state index in [1.54, 1.807) is 0 Å². The summed E-state index contributed by atoms with van der Waals surface area (Å²) in [5.41, 5.74) is 4.44. The molecule has 25 heavy (non-hydrogen) atoms. The normalized spacial score (nSPS) is 11.1. The van der Waals surface area contributed by atoms with Crippen molar-refractivity contribution in [2.75, 3.05) is 18.0 Å². The molecule has 2 heterocycles. The van der Waals surface area contributed by atoms with E-state index in [9.17, 15) is 0 Å². The van der Waals surface area contributed by atoms with Gasteiger partial charge in [-0.05, 0) is 70.3 Å². The Morgan fingerprint density at radius 3 is 2.24 bits per heavy atom. The van der Waals surface area contributed by atoms with E-state index >= 15 is 0 Å². The number of ether oxygens (including phenoxy) is 1. The summed E-state index contributed by atoms with van der Waals surface area (Å²) in [6.07, 6.45) is 0. The van der Waals surface area contributed by atoms with Gasteiger partial charge in [-0.15, -0.1) is 0 Å². The van der Waals surface area contributed by atoms with Crippen molar-refractivity contribution in [2.45, 2.75) is 41.5 Å². The van der Waals surface area contributed by atoms with Crippen LogP contribution in [0.15, 0.2) is 18.2 Å². The number of aryl methyl sites for hydroxylation is 4. The maximum absolute atomic E-state index is 6.29. The summed E-state index contributed by atoms with van der Waals surface area (Å²) in [4.78, 5) is 6.92. The van der Waals surface area contributed by atoms with E-state index in [-0.39, 0.29) is 0 Å². The van der Waals surface area contributed by atoms with Crippen LogP contribution in [0.5, 0.6) is 11.6 Å². The van der Waals surface area contributed by atoms with Gasteiger partial charge in [-0.3, -0.25) is 0 Å². The minimum atomic E-state index is 0.654. The second-order valence-corrected chi connectivity index (χ2v) is 7.23. The topological polar surface area (TPSA) is 38.2 Å². The zero-order valence-electron chi connectivity index (χ0n) is 15.8. The molecule has 4 nitrogen and oxygen atoms in total. The van der Waals surface area contributed by atoms with Crippen molar-refractivity contribution in [1.82, 2.24) is 9.36 Å². The predicted molar refractivity (Wildman–Crippen MR) is 106 cm³/mol. The molecule has 0 aliphatic heterocycles. The Hall–Kier alpha value is -2.14. The van der Waals surface area contributed by atoms with Crippen LogP contribution in [0.3, 0.4) is 0 Å². The van der Waals surface area contributed by atoms with Crippen molar-refractivity contribution in [1.29, 1.82) is 0 Å². The molecule has 0 amide bonds. The monoisotopic (exact) mass is 355 g/mol. The van der Waals surface area contributed by atoms with E-state index in [2.05, 4.69) is 67.1 Å². The average Bonchev–Trinajstić information content (AvgIpc) is 2.96. The Balaban J connectivity index is 2.12. The third-order valence-electron chi connectivity index (χ3n) is 4.40. The maximum Gasteiger partial charge on any atom is 0.239 e. The minimum absolute atomic E-state index is 0.654. The van der Waals surface area contributed by atoms with Gasteiger partial charge < -0.3 is 9.64 Å². The molecule has 0 unspecified atom stereocenters. The van der Waals surface area contributed by atoms with Gasteiger partial charge in [0.1, 0.15) is 16.3 Å². The number of benzene rings is 1. The third-order valence-corrected chi connectivity index (χ3v) is 5.24. The van der Waals surface area contributed by atoms with Crippen LogP contribution in [0.1, 0.15) is 36.2 Å². The van der Waals surface area contributed by atoms with Crippen molar-refractivity contribution in [3.8, 4) is 11.6 Å². The highest BCUT2D eigenvalue weighted by molar-refractivity contribution is 7.14. The standard InChI is InChI=1S/C20H25N3OS/c1-7-23(8-2)19-16-11-15(6)21-20(18(16)25-22-19)24-17-13(4)9-12(3)10-14(17)5/h9-11H,7-8H2,1-6H3. The predicted octanol–water partition coefficient (Wildman–Crippen LogP) is 5.56. The SMILES string of the molecule is CCN(CC)c1nsc2c(Oc3c(C)cc(C)cc3C)nc(C)cc12. The Labute approximate surface area is 153 Å². The van der Waals surface area contributed by atoms with Crippen LogP contribution in [-0.4, -0.2) is 22.4 Å². The molecule has 0 aliphatic carbocycles. The second-order valence-electron chi connectivity index (χ2n) is 6.45. The average molecular weight is 356 g/mol. The number of aromatic nitrogens is 2. The number of hydrogen-bond donors (Lipinski definition) is 0. The second kappa shape index (κ2) is 7.00. The maximum atomic E-state index is 6.29. The smallest absolute Gasteiger partial charge is 0.239 e. The fourth-order valence-corrected chi connectivity index (χ4v) is 4.08. The van der Waals surface area contributed by atoms with E-state index in [1.807, 2.05) is 6.92 Å². The molecule has 2 aromatic heterocycles. The summed E-state index contributed by atoms with van der Waals surface area (Å²) in [6, 6.07) is 6.39. The molecular formula is C20H25N3OS. The highest BCUT2D eigenvalue weighted by Crippen LogP contribution is 2.38. The Bertz CT molecular complexity index is 890. The molecule has 0 radical (unpaired) electrons. The fourth-order valence-electron chi connectivity index (χ4n) is 3.27. The van der Waals surface area contributed by atoms with Gasteiger partial charge in [0.05, 0.1) is 0 Å². The molecule has 0 fully saturated rings. The van der Waals surface area contributed by atoms with Crippen LogP contribution in [0.2, 0.25) is 0 Å². The molecule has 3 aromatic rings. The lowest BCUT2D eigenvalue weighted by molar-refractivity contribution is 0.461. The lowest BCUT2D eigenvalue weighted by Gasteiger charge is -2.18. The summed E-state index contributed by atoms with van der Waals surface area (Å²) in [7, 11) is 0. The summed E-state index contributed by atoms with van der Waals surface area (Å²) in [5, 5.41) is 1.12. The number of pyridine rings is 1. The molecule has 132 valence electrons. The van der Waals surface area contributed by atoms with Crippen LogP contribution >= 0.6 is 11.5 Å². The van der Waals surface area contributed by atoms with Crippen LogP contribution in [0.4, 0.5) is 5.82 Å². The Morgan fingerprint density at radius 2 is 1.64 bits per heavy atom. The molecule has 0 atom stereocenters. The van der Waals surface area contributed by atoms with Gasteiger partial charge in [0.2, 0.25) is 5.88 Å². The number of hydrogen-bond acceptors (Lipinski definition) is 5. The summed E-state index contributed by atoms with van der Waals surface area (Å²) in [5.74, 6) is 2.57. The van der Waals surface area contributed by atoms with Gasteiger partial charge in [-0.1, -0.05) is 17.7 Å². The summed E-state index contributed by atoms with van der Waals surface area (Å²) >= 11 is 1.46. The molecule has 0 bridgehead atoms. The highest BCUT2D eigenvalue weighted by Gasteiger charge is 2.18. The first kappa shape index (κ1) is 17.7. The fraction of sp³-hybridized carbons (Fsp3) is 0.400. The van der Waals surface area contributed by atoms with Crippen molar-refractivity contribution in [3.05, 3.63) is 40.6 Å². The van der Waals surface area contributed by atoms with Crippen LogP contribution in [-0.2, 0) is 0 Å². The molecule has 0 saturated carbocycles. The van der Waals surface area contributed by atoms with Gasteiger partial charge in [-0.2, -0.15) is 4.37 Å². The van der Waals surface area contributed by atoms with E-state index in [1.165, 1.54) is 17.1 Å². The van der Waals surface area contributed by atoms with E-state index in [0.717, 1.165) is 51.6 Å². The molecule has 0 saturated heterocycles. The molecule has 1 aromatic carbocycles. The van der Waals surface area contributed by atoms with Crippen LogP contribution < -0.4 is 9.64 Å². The number of fused-ring (bicyclic) bond motifs is 1. The Morgan fingerprint density at radius 1 is 1.00 bits per heavy atom. The molecule has 0 aliphatic rings. The van der Waals surface area contributed by atoms with Crippen molar-refractivity contribution in [2.24, 2.45) is 0 Å². The quantitative estimate of drug-likeness (QED) is 0.600. The highest BCUT2D eigenvalue weighted by atomic mass is 32.1. The van der Waals surface area contributed by atoms with E-state index < -0.39 is 0 Å². The lowest BCUT2D eigenvalue weighted by atomic mass is 10.1. The van der Waals surface area contributed by atoms with Crippen molar-refractivity contribution >= 4 is 27.4 Å². The number of anilines is 1. The largest absolute Gasteiger partial charge is 0.437 e. The first-order chi connectivity index (χ1) is 11.9. The van der Waals surface area contributed by atoms with Gasteiger partial charge in [-0.25, -0.2) is 4.98 Å². The zero-order chi connectivity index (χ0) is 18.1. The third kappa shape index (κ3) is 3.33. The zero-order valence-corrected chi connectivity index (χ0v) is 16.6. The Kier molecular flexibility index (Phi) is 4.95. The molecule has 3 rings (SSSR count). The first-order valence-corrected chi connectivity index (χ1v) is 9.49. The first-order valence-electron chi connectivity index (χ1n) is 8.72. The van der Waals surface area contributed by atoms with Gasteiger partial charge in [0.15, 0.2) is 0 Å². The van der Waals surface area contributed by atoms with Gasteiger partial charge in [0, 0.05) is 24.2 Å². The van der Waals surface area contributed by atoms with Crippen molar-refractivity contribution in [3.63, 3.8) is 0 Å². The van der Waals surface area contributed by atoms with E-state index in [0.29, 0.717) is 5.88 Å². The lowest BCUT2D eigenvalue weighted by Crippen LogP contribution is -2.22. The van der Waals surface area contributed by atoms with E-state index in [4.69, 9.17) is 4.74 Å². The van der Waals surface area contributed by atoms with Crippen LogP contribution in [0.25, 0.3) is 10.1 Å². The van der Waals surface area contributed by atoms with Crippen molar-refractivity contribution < 1.29 is 4.74 Å². The van der Waals surface area contributed by atoms with Gasteiger partial charge in [0.25, 0.3) is 0 Å². The molecule has 5 heteroatoms. The molecular weight excluding hydrogens is 330 g/mol. The van der Waals surface area contributed by atoms with Crippen LogP contribution in [0, 0.1) is 27.7 Å². The van der Waals surface area contributed by atoms with Gasteiger partial charge >= 0.3 is 0 Å². The molecule has 0 spiro atoms. The number of nitrogens with zero attached hydrogens (tertiary/aromatic N) is 3. The summed E-state index contributed by atoms with van der Waals surface area (Å²) < 4.78 is 12.0. The minimum Gasteiger partial charge on any atom is -0.437 e.